The summed E-state index contributed by atoms with van der Waals surface area (Å²) < 4.78 is 5.13. The van der Waals surface area contributed by atoms with Gasteiger partial charge in [-0.2, -0.15) is 0 Å². The third-order valence-electron chi connectivity index (χ3n) is 4.12. The van der Waals surface area contributed by atoms with Crippen LogP contribution in [0.1, 0.15) is 49.2 Å². The number of hydrogen-bond acceptors (Lipinski definition) is 5. The molecule has 0 saturated carbocycles. The zero-order chi connectivity index (χ0) is 20.5. The van der Waals surface area contributed by atoms with Gasteiger partial charge in [0.25, 0.3) is 5.91 Å². The van der Waals surface area contributed by atoms with Crippen LogP contribution >= 0.6 is 11.6 Å². The summed E-state index contributed by atoms with van der Waals surface area (Å²) in [5.74, 6) is -2.10. The highest BCUT2D eigenvalue weighted by molar-refractivity contribution is 6.32. The number of benzene rings is 2. The van der Waals surface area contributed by atoms with Crippen LogP contribution in [0.4, 0.5) is 0 Å². The molecule has 0 heterocycles. The fourth-order valence-corrected chi connectivity index (χ4v) is 3.23. The second-order valence-electron chi connectivity index (χ2n) is 7.27. The Morgan fingerprint density at radius 1 is 1.19 bits per heavy atom. The lowest BCUT2D eigenvalue weighted by molar-refractivity contribution is -0.153. The maximum absolute atomic E-state index is 12.6. The van der Waals surface area contributed by atoms with E-state index in [4.69, 9.17) is 16.3 Å². The predicted octanol–water partition coefficient (Wildman–Crippen LogP) is 3.85. The Balaban J connectivity index is 2.46. The molecule has 2 aromatic carbocycles. The molecule has 0 bridgehead atoms. The van der Waals surface area contributed by atoms with Crippen LogP contribution in [0.2, 0.25) is 5.02 Å². The SMILES string of the molecule is CCc1c(Cl)ccc2c(C)c(O)c(C(=O)NCC(=O)OC(C)(C)C)c(O)c12. The lowest BCUT2D eigenvalue weighted by atomic mass is 9.94. The van der Waals surface area contributed by atoms with Crippen LogP contribution in [-0.4, -0.2) is 34.2 Å². The van der Waals surface area contributed by atoms with Crippen molar-refractivity contribution >= 4 is 34.2 Å². The van der Waals surface area contributed by atoms with Gasteiger partial charge in [-0.25, -0.2) is 0 Å². The van der Waals surface area contributed by atoms with E-state index in [1.165, 1.54) is 0 Å². The molecular weight excluding hydrogens is 370 g/mol. The summed E-state index contributed by atoms with van der Waals surface area (Å²) in [6.45, 7) is 8.29. The zero-order valence-corrected chi connectivity index (χ0v) is 16.8. The van der Waals surface area contributed by atoms with Crippen molar-refractivity contribution in [1.29, 1.82) is 0 Å². The van der Waals surface area contributed by atoms with Crippen LogP contribution in [0, 0.1) is 6.92 Å². The quantitative estimate of drug-likeness (QED) is 0.686. The molecule has 0 aromatic heterocycles. The molecule has 0 unspecified atom stereocenters. The summed E-state index contributed by atoms with van der Waals surface area (Å²) in [5, 5.41) is 25.0. The molecule has 3 N–H and O–H groups in total. The Morgan fingerprint density at radius 2 is 1.81 bits per heavy atom. The van der Waals surface area contributed by atoms with Gasteiger partial charge in [0.05, 0.1) is 0 Å². The van der Waals surface area contributed by atoms with Crippen LogP contribution in [-0.2, 0) is 16.0 Å². The number of halogens is 1. The molecule has 2 rings (SSSR count). The Labute approximate surface area is 163 Å². The maximum Gasteiger partial charge on any atom is 0.325 e. The number of phenolic OH excluding ortho intramolecular Hbond substituents is 2. The second kappa shape index (κ2) is 7.64. The van der Waals surface area contributed by atoms with Gasteiger partial charge in [-0.15, -0.1) is 0 Å². The van der Waals surface area contributed by atoms with Crippen LogP contribution in [0.3, 0.4) is 0 Å². The van der Waals surface area contributed by atoms with Crippen molar-refractivity contribution in [2.24, 2.45) is 0 Å². The number of fused-ring (bicyclic) bond motifs is 1. The number of carbonyl (C=O) groups is 2. The molecule has 6 nitrogen and oxygen atoms in total. The molecule has 0 aliphatic heterocycles. The lowest BCUT2D eigenvalue weighted by Crippen LogP contribution is -2.34. The first-order valence-electron chi connectivity index (χ1n) is 8.63. The minimum Gasteiger partial charge on any atom is -0.507 e. The Kier molecular flexibility index (Phi) is 5.90. The molecule has 0 saturated heterocycles. The third kappa shape index (κ3) is 4.27. The number of esters is 1. The second-order valence-corrected chi connectivity index (χ2v) is 7.68. The molecule has 0 aliphatic rings. The molecule has 2 aromatic rings. The fraction of sp³-hybridized carbons (Fsp3) is 0.400. The smallest absolute Gasteiger partial charge is 0.325 e. The number of ether oxygens (including phenoxy) is 1. The Bertz CT molecular complexity index is 915. The Hall–Kier alpha value is -2.47. The van der Waals surface area contributed by atoms with E-state index in [-0.39, 0.29) is 23.6 Å². The predicted molar refractivity (Wildman–Crippen MR) is 105 cm³/mol. The van der Waals surface area contributed by atoms with E-state index in [9.17, 15) is 19.8 Å². The number of nitrogens with one attached hydrogen (secondary N) is 1. The van der Waals surface area contributed by atoms with Crippen LogP contribution < -0.4 is 5.32 Å². The van der Waals surface area contributed by atoms with Gasteiger partial charge in [-0.05, 0) is 56.7 Å². The van der Waals surface area contributed by atoms with Gasteiger partial charge in [0.2, 0.25) is 0 Å². The summed E-state index contributed by atoms with van der Waals surface area (Å²) in [7, 11) is 0. The van der Waals surface area contributed by atoms with Crippen molar-refractivity contribution in [3.05, 3.63) is 33.8 Å². The molecule has 0 spiro atoms. The number of phenols is 2. The van der Waals surface area contributed by atoms with E-state index in [0.29, 0.717) is 33.3 Å². The van der Waals surface area contributed by atoms with Crippen molar-refractivity contribution in [2.75, 3.05) is 6.54 Å². The topological polar surface area (TPSA) is 95.9 Å². The van der Waals surface area contributed by atoms with Crippen LogP contribution in [0.5, 0.6) is 11.5 Å². The Morgan fingerprint density at radius 3 is 2.37 bits per heavy atom. The van der Waals surface area contributed by atoms with Crippen molar-refractivity contribution in [2.45, 2.75) is 46.6 Å². The minimum atomic E-state index is -0.775. The van der Waals surface area contributed by atoms with Gasteiger partial charge in [-0.1, -0.05) is 24.6 Å². The molecule has 0 atom stereocenters. The van der Waals surface area contributed by atoms with Crippen LogP contribution in [0.15, 0.2) is 12.1 Å². The van der Waals surface area contributed by atoms with Gasteiger partial charge >= 0.3 is 5.97 Å². The number of aryl methyl sites for hydroxylation is 2. The van der Waals surface area contributed by atoms with Crippen LogP contribution in [0.25, 0.3) is 10.8 Å². The normalized spacial score (nSPS) is 11.5. The number of carbonyl (C=O) groups excluding carboxylic acids is 2. The highest BCUT2D eigenvalue weighted by Gasteiger charge is 2.25. The van der Waals surface area contributed by atoms with Gasteiger partial charge in [0.15, 0.2) is 0 Å². The summed E-state index contributed by atoms with van der Waals surface area (Å²) in [5.41, 5.74) is 0.145. The van der Waals surface area contributed by atoms with Crippen molar-refractivity contribution in [3.63, 3.8) is 0 Å². The molecule has 27 heavy (non-hydrogen) atoms. The van der Waals surface area contributed by atoms with Crippen molar-refractivity contribution < 1.29 is 24.5 Å². The maximum atomic E-state index is 12.6. The minimum absolute atomic E-state index is 0.291. The summed E-state index contributed by atoms with van der Waals surface area (Å²) >= 11 is 6.23. The van der Waals surface area contributed by atoms with E-state index >= 15 is 0 Å². The first-order valence-corrected chi connectivity index (χ1v) is 9.01. The first kappa shape index (κ1) is 20.8. The average molecular weight is 394 g/mol. The van der Waals surface area contributed by atoms with E-state index in [0.717, 1.165) is 0 Å². The lowest BCUT2D eigenvalue weighted by Gasteiger charge is -2.20. The van der Waals surface area contributed by atoms with E-state index in [1.54, 1.807) is 39.8 Å². The number of amides is 1. The standard InChI is InChI=1S/C20H24ClNO5/c1-6-11-13(21)8-7-12-10(2)17(24)16(18(25)15(11)12)19(26)22-9-14(23)27-20(3,4)5/h7-8,24-25H,6,9H2,1-5H3,(H,22,26). The largest absolute Gasteiger partial charge is 0.507 e. The van der Waals surface area contributed by atoms with Gasteiger partial charge in [0.1, 0.15) is 29.2 Å². The molecule has 1 amide bonds. The van der Waals surface area contributed by atoms with Gasteiger partial charge in [-0.3, -0.25) is 9.59 Å². The molecular formula is C20H24ClNO5. The number of rotatable bonds is 4. The number of hydrogen-bond donors (Lipinski definition) is 3. The first-order chi connectivity index (χ1) is 12.5. The van der Waals surface area contributed by atoms with Crippen molar-refractivity contribution in [3.8, 4) is 11.5 Å². The van der Waals surface area contributed by atoms with E-state index in [2.05, 4.69) is 5.32 Å². The highest BCUT2D eigenvalue weighted by atomic mass is 35.5. The van der Waals surface area contributed by atoms with E-state index in [1.807, 2.05) is 6.92 Å². The molecule has 146 valence electrons. The average Bonchev–Trinajstić information content (AvgIpc) is 2.56. The summed E-state index contributed by atoms with van der Waals surface area (Å²) in [6, 6.07) is 3.38. The molecule has 0 fully saturated rings. The number of aromatic hydroxyl groups is 2. The van der Waals surface area contributed by atoms with Gasteiger partial charge in [0, 0.05) is 10.4 Å². The summed E-state index contributed by atoms with van der Waals surface area (Å²) in [4.78, 5) is 24.4. The monoisotopic (exact) mass is 393 g/mol. The zero-order valence-electron chi connectivity index (χ0n) is 16.1. The molecule has 7 heteroatoms. The third-order valence-corrected chi connectivity index (χ3v) is 4.47. The van der Waals surface area contributed by atoms with E-state index < -0.39 is 17.5 Å². The highest BCUT2D eigenvalue weighted by Crippen LogP contribution is 2.42. The fourth-order valence-electron chi connectivity index (χ4n) is 2.94. The summed E-state index contributed by atoms with van der Waals surface area (Å²) in [6.07, 6.45) is 0.535. The molecule has 0 aliphatic carbocycles. The van der Waals surface area contributed by atoms with Crippen molar-refractivity contribution in [1.82, 2.24) is 5.32 Å². The van der Waals surface area contributed by atoms with Gasteiger partial charge < -0.3 is 20.3 Å². The molecule has 0 radical (unpaired) electrons.